The Bertz CT molecular complexity index is 116. The molecular weight excluding hydrogens is 126 g/mol. The first-order valence-electron chi connectivity index (χ1n) is 3.74. The minimum atomic E-state index is 0.179. The summed E-state index contributed by atoms with van der Waals surface area (Å²) < 4.78 is 5.23. The van der Waals surface area contributed by atoms with Crippen molar-refractivity contribution < 1.29 is 4.74 Å². The molecule has 1 rings (SSSR count). The van der Waals surface area contributed by atoms with Gasteiger partial charge in [-0.1, -0.05) is 6.08 Å². The molecule has 58 valence electrons. The SMILES string of the molecule is C=CC1(CN)CCOCC1. The second-order valence-electron chi connectivity index (χ2n) is 2.88. The van der Waals surface area contributed by atoms with E-state index in [2.05, 4.69) is 6.58 Å². The summed E-state index contributed by atoms with van der Waals surface area (Å²) in [6, 6.07) is 0. The lowest BCUT2D eigenvalue weighted by molar-refractivity contribution is 0.0410. The maximum absolute atomic E-state index is 5.62. The minimum absolute atomic E-state index is 0.179. The van der Waals surface area contributed by atoms with Gasteiger partial charge >= 0.3 is 0 Å². The van der Waals surface area contributed by atoms with Crippen molar-refractivity contribution >= 4 is 0 Å². The Hall–Kier alpha value is -0.340. The molecule has 1 heterocycles. The molecule has 2 N–H and O–H groups in total. The molecule has 1 saturated heterocycles. The fourth-order valence-corrected chi connectivity index (χ4v) is 1.27. The molecule has 2 nitrogen and oxygen atoms in total. The zero-order valence-corrected chi connectivity index (χ0v) is 6.31. The monoisotopic (exact) mass is 141 g/mol. The zero-order chi connectivity index (χ0) is 7.45. The van der Waals surface area contributed by atoms with Crippen LogP contribution in [0.2, 0.25) is 0 Å². The number of hydrogen-bond acceptors (Lipinski definition) is 2. The van der Waals surface area contributed by atoms with Crippen molar-refractivity contribution in [3.05, 3.63) is 12.7 Å². The highest BCUT2D eigenvalue weighted by molar-refractivity contribution is 4.96. The molecular formula is C8H15NO. The molecule has 0 radical (unpaired) electrons. The molecule has 1 aliphatic heterocycles. The Morgan fingerprint density at radius 1 is 1.50 bits per heavy atom. The van der Waals surface area contributed by atoms with Gasteiger partial charge in [0.2, 0.25) is 0 Å². The standard InChI is InChI=1S/C8H15NO/c1-2-8(7-9)3-5-10-6-4-8/h2H,1,3-7,9H2. The number of hydrogen-bond donors (Lipinski definition) is 1. The van der Waals surface area contributed by atoms with E-state index in [1.165, 1.54) is 0 Å². The summed E-state index contributed by atoms with van der Waals surface area (Å²) >= 11 is 0. The van der Waals surface area contributed by atoms with E-state index in [1.807, 2.05) is 6.08 Å². The third kappa shape index (κ3) is 1.39. The van der Waals surface area contributed by atoms with Crippen LogP contribution in [0.3, 0.4) is 0 Å². The van der Waals surface area contributed by atoms with Crippen molar-refractivity contribution in [1.82, 2.24) is 0 Å². The van der Waals surface area contributed by atoms with Gasteiger partial charge in [0.25, 0.3) is 0 Å². The van der Waals surface area contributed by atoms with Gasteiger partial charge in [0.1, 0.15) is 0 Å². The highest BCUT2D eigenvalue weighted by Crippen LogP contribution is 2.29. The Morgan fingerprint density at radius 3 is 2.40 bits per heavy atom. The lowest BCUT2D eigenvalue weighted by Crippen LogP contribution is -2.34. The Labute approximate surface area is 62.1 Å². The van der Waals surface area contributed by atoms with Crippen molar-refractivity contribution in [2.75, 3.05) is 19.8 Å². The van der Waals surface area contributed by atoms with Gasteiger partial charge in [0.15, 0.2) is 0 Å². The molecule has 0 bridgehead atoms. The molecule has 0 aromatic carbocycles. The molecule has 0 spiro atoms. The second-order valence-corrected chi connectivity index (χ2v) is 2.88. The van der Waals surface area contributed by atoms with Crippen LogP contribution in [0.15, 0.2) is 12.7 Å². The Kier molecular flexibility index (Phi) is 2.46. The smallest absolute Gasteiger partial charge is 0.0474 e. The summed E-state index contributed by atoms with van der Waals surface area (Å²) in [7, 11) is 0. The van der Waals surface area contributed by atoms with E-state index in [1.54, 1.807) is 0 Å². The summed E-state index contributed by atoms with van der Waals surface area (Å²) in [4.78, 5) is 0. The molecule has 1 fully saturated rings. The topological polar surface area (TPSA) is 35.2 Å². The summed E-state index contributed by atoms with van der Waals surface area (Å²) in [5.74, 6) is 0. The first kappa shape index (κ1) is 7.76. The van der Waals surface area contributed by atoms with Gasteiger partial charge in [-0.25, -0.2) is 0 Å². The predicted octanol–water partition coefficient (Wildman–Crippen LogP) is 0.928. The molecule has 0 aliphatic carbocycles. The van der Waals surface area contributed by atoms with Gasteiger partial charge in [0, 0.05) is 25.2 Å². The summed E-state index contributed by atoms with van der Waals surface area (Å²) in [5, 5.41) is 0. The Morgan fingerprint density at radius 2 is 2.10 bits per heavy atom. The van der Waals surface area contributed by atoms with Crippen LogP contribution in [0.5, 0.6) is 0 Å². The van der Waals surface area contributed by atoms with Crippen molar-refractivity contribution in [3.8, 4) is 0 Å². The third-order valence-corrected chi connectivity index (χ3v) is 2.33. The molecule has 1 aliphatic rings. The zero-order valence-electron chi connectivity index (χ0n) is 6.31. The molecule has 0 unspecified atom stereocenters. The van der Waals surface area contributed by atoms with E-state index in [0.717, 1.165) is 26.1 Å². The summed E-state index contributed by atoms with van der Waals surface area (Å²) in [5.41, 5.74) is 5.80. The van der Waals surface area contributed by atoms with Gasteiger partial charge in [-0.3, -0.25) is 0 Å². The first-order valence-corrected chi connectivity index (χ1v) is 3.74. The lowest BCUT2D eigenvalue weighted by Gasteiger charge is -2.32. The van der Waals surface area contributed by atoms with Gasteiger partial charge in [0.05, 0.1) is 0 Å². The molecule has 0 atom stereocenters. The molecule has 0 amide bonds. The number of nitrogens with two attached hydrogens (primary N) is 1. The third-order valence-electron chi connectivity index (χ3n) is 2.33. The van der Waals surface area contributed by atoms with Crippen LogP contribution in [-0.4, -0.2) is 19.8 Å². The van der Waals surface area contributed by atoms with Crippen molar-refractivity contribution in [2.45, 2.75) is 12.8 Å². The van der Waals surface area contributed by atoms with Crippen LogP contribution < -0.4 is 5.73 Å². The van der Waals surface area contributed by atoms with Crippen LogP contribution in [0, 0.1) is 5.41 Å². The summed E-state index contributed by atoms with van der Waals surface area (Å²) in [6.07, 6.45) is 4.05. The van der Waals surface area contributed by atoms with Crippen LogP contribution in [0.25, 0.3) is 0 Å². The fraction of sp³-hybridized carbons (Fsp3) is 0.750. The largest absolute Gasteiger partial charge is 0.381 e. The molecule has 0 aromatic rings. The highest BCUT2D eigenvalue weighted by Gasteiger charge is 2.27. The predicted molar refractivity (Wildman–Crippen MR) is 41.7 cm³/mol. The average molecular weight is 141 g/mol. The number of rotatable bonds is 2. The van der Waals surface area contributed by atoms with E-state index < -0.39 is 0 Å². The maximum atomic E-state index is 5.62. The van der Waals surface area contributed by atoms with Crippen molar-refractivity contribution in [2.24, 2.45) is 11.1 Å². The molecule has 0 aromatic heterocycles. The van der Waals surface area contributed by atoms with Crippen LogP contribution in [0.1, 0.15) is 12.8 Å². The average Bonchev–Trinajstić information content (AvgIpc) is 2.06. The quantitative estimate of drug-likeness (QED) is 0.580. The lowest BCUT2D eigenvalue weighted by atomic mass is 9.81. The maximum Gasteiger partial charge on any atom is 0.0474 e. The van der Waals surface area contributed by atoms with E-state index in [-0.39, 0.29) is 5.41 Å². The highest BCUT2D eigenvalue weighted by atomic mass is 16.5. The second kappa shape index (κ2) is 3.17. The minimum Gasteiger partial charge on any atom is -0.381 e. The van der Waals surface area contributed by atoms with E-state index in [0.29, 0.717) is 6.54 Å². The van der Waals surface area contributed by atoms with Crippen molar-refractivity contribution in [3.63, 3.8) is 0 Å². The summed E-state index contributed by atoms with van der Waals surface area (Å²) in [6.45, 7) is 6.17. The van der Waals surface area contributed by atoms with Gasteiger partial charge in [-0.05, 0) is 12.8 Å². The van der Waals surface area contributed by atoms with Crippen LogP contribution in [0.4, 0.5) is 0 Å². The van der Waals surface area contributed by atoms with E-state index in [9.17, 15) is 0 Å². The normalized spacial score (nSPS) is 24.1. The van der Waals surface area contributed by atoms with Gasteiger partial charge in [-0.15, -0.1) is 6.58 Å². The Balaban J connectivity index is 2.52. The van der Waals surface area contributed by atoms with Crippen LogP contribution in [-0.2, 0) is 4.74 Å². The van der Waals surface area contributed by atoms with Gasteiger partial charge in [-0.2, -0.15) is 0 Å². The fourth-order valence-electron chi connectivity index (χ4n) is 1.27. The van der Waals surface area contributed by atoms with Crippen molar-refractivity contribution in [1.29, 1.82) is 0 Å². The van der Waals surface area contributed by atoms with Crippen LogP contribution >= 0.6 is 0 Å². The molecule has 2 heteroatoms. The number of ether oxygens (including phenoxy) is 1. The van der Waals surface area contributed by atoms with E-state index >= 15 is 0 Å². The molecule has 10 heavy (non-hydrogen) atoms. The van der Waals surface area contributed by atoms with Gasteiger partial charge < -0.3 is 10.5 Å². The molecule has 0 saturated carbocycles. The first-order chi connectivity index (χ1) is 4.83. The van der Waals surface area contributed by atoms with E-state index in [4.69, 9.17) is 10.5 Å².